The van der Waals surface area contributed by atoms with Crippen molar-refractivity contribution in [1.29, 1.82) is 0 Å². The molecule has 0 saturated heterocycles. The molecule has 0 bridgehead atoms. The molecule has 4 heteroatoms. The van der Waals surface area contributed by atoms with Crippen molar-refractivity contribution in [2.24, 2.45) is 5.73 Å². The molecule has 0 aliphatic carbocycles. The highest BCUT2D eigenvalue weighted by Crippen LogP contribution is 2.07. The molecule has 1 unspecified atom stereocenters. The average molecular weight is 221 g/mol. The zero-order chi connectivity index (χ0) is 11.0. The van der Waals surface area contributed by atoms with Gasteiger partial charge in [0.15, 0.2) is 0 Å². The number of sulfone groups is 1. The van der Waals surface area contributed by atoms with E-state index in [-0.39, 0.29) is 11.8 Å². The second-order valence-electron chi connectivity index (χ2n) is 4.03. The molecule has 0 heterocycles. The van der Waals surface area contributed by atoms with Gasteiger partial charge >= 0.3 is 0 Å². The highest BCUT2D eigenvalue weighted by molar-refractivity contribution is 7.90. The molecule has 0 saturated carbocycles. The third-order valence-electron chi connectivity index (χ3n) is 2.29. The van der Waals surface area contributed by atoms with Gasteiger partial charge in [0, 0.05) is 12.3 Å². The summed E-state index contributed by atoms with van der Waals surface area (Å²) in [5, 5.41) is 0. The minimum atomic E-state index is -2.83. The van der Waals surface area contributed by atoms with Gasteiger partial charge in [0.25, 0.3) is 0 Å². The van der Waals surface area contributed by atoms with E-state index in [1.165, 1.54) is 25.5 Å². The van der Waals surface area contributed by atoms with E-state index < -0.39 is 9.84 Å². The number of hydrogen-bond donors (Lipinski definition) is 1. The third-order valence-corrected chi connectivity index (χ3v) is 3.27. The van der Waals surface area contributed by atoms with Crippen LogP contribution in [0, 0.1) is 0 Å². The first-order chi connectivity index (χ1) is 6.45. The Bertz CT molecular complexity index is 224. The van der Waals surface area contributed by atoms with E-state index in [4.69, 9.17) is 5.73 Å². The zero-order valence-electron chi connectivity index (χ0n) is 9.33. The molecule has 0 amide bonds. The lowest BCUT2D eigenvalue weighted by Crippen LogP contribution is -2.23. The van der Waals surface area contributed by atoms with E-state index in [1.807, 2.05) is 0 Å². The number of hydrogen-bond acceptors (Lipinski definition) is 3. The molecule has 2 N–H and O–H groups in total. The van der Waals surface area contributed by atoms with Crippen LogP contribution in [0.15, 0.2) is 0 Å². The van der Waals surface area contributed by atoms with Crippen molar-refractivity contribution in [3.05, 3.63) is 0 Å². The molecule has 0 aromatic carbocycles. The lowest BCUT2D eigenvalue weighted by Gasteiger charge is -2.09. The van der Waals surface area contributed by atoms with Gasteiger partial charge in [0.1, 0.15) is 9.84 Å². The molecular formula is C10H23NO2S. The lowest BCUT2D eigenvalue weighted by molar-refractivity contribution is 0.532. The van der Waals surface area contributed by atoms with E-state index in [0.717, 1.165) is 12.8 Å². The van der Waals surface area contributed by atoms with E-state index >= 15 is 0 Å². The van der Waals surface area contributed by atoms with Crippen LogP contribution in [0.5, 0.6) is 0 Å². The first-order valence-electron chi connectivity index (χ1n) is 5.39. The predicted octanol–water partition coefficient (Wildman–Crippen LogP) is 1.72. The number of unbranched alkanes of at least 4 members (excludes halogenated alkanes) is 3. The monoisotopic (exact) mass is 221 g/mol. The van der Waals surface area contributed by atoms with Crippen molar-refractivity contribution in [1.82, 2.24) is 0 Å². The second-order valence-corrected chi connectivity index (χ2v) is 6.29. The molecule has 0 aliphatic rings. The Labute approximate surface area is 88.0 Å². The molecule has 0 fully saturated rings. The fraction of sp³-hybridized carbons (Fsp3) is 1.00. The molecule has 0 aliphatic heterocycles. The Kier molecular flexibility index (Phi) is 7.19. The third kappa shape index (κ3) is 9.99. The van der Waals surface area contributed by atoms with Crippen molar-refractivity contribution >= 4 is 9.84 Å². The van der Waals surface area contributed by atoms with Gasteiger partial charge < -0.3 is 5.73 Å². The van der Waals surface area contributed by atoms with Crippen LogP contribution in [0.2, 0.25) is 0 Å². The summed E-state index contributed by atoms with van der Waals surface area (Å²) in [5.74, 6) is 0.224. The van der Waals surface area contributed by atoms with E-state index in [1.54, 1.807) is 0 Å². The minimum Gasteiger partial charge on any atom is -0.328 e. The Morgan fingerprint density at radius 2 is 1.79 bits per heavy atom. The van der Waals surface area contributed by atoms with Crippen LogP contribution in [0.25, 0.3) is 0 Å². The van der Waals surface area contributed by atoms with Gasteiger partial charge in [-0.2, -0.15) is 0 Å². The fourth-order valence-electron chi connectivity index (χ4n) is 1.34. The molecule has 86 valence electrons. The van der Waals surface area contributed by atoms with Gasteiger partial charge in [0.05, 0.1) is 5.75 Å². The Morgan fingerprint density at radius 1 is 1.14 bits per heavy atom. The maximum atomic E-state index is 10.9. The van der Waals surface area contributed by atoms with Crippen LogP contribution in [-0.2, 0) is 9.84 Å². The SMILES string of the molecule is CCCCCCC(N)CCS(C)(=O)=O. The summed E-state index contributed by atoms with van der Waals surface area (Å²) in [6.07, 6.45) is 7.62. The van der Waals surface area contributed by atoms with E-state index in [0.29, 0.717) is 6.42 Å². The molecule has 14 heavy (non-hydrogen) atoms. The molecule has 1 atom stereocenters. The predicted molar refractivity (Wildman–Crippen MR) is 61.1 cm³/mol. The summed E-state index contributed by atoms with van der Waals surface area (Å²) >= 11 is 0. The van der Waals surface area contributed by atoms with Crippen molar-refractivity contribution in [3.8, 4) is 0 Å². The van der Waals surface area contributed by atoms with E-state index in [9.17, 15) is 8.42 Å². The minimum absolute atomic E-state index is 0.0570. The van der Waals surface area contributed by atoms with Crippen LogP contribution in [-0.4, -0.2) is 26.5 Å². The molecular weight excluding hydrogens is 198 g/mol. The molecule has 0 aromatic rings. The highest BCUT2D eigenvalue weighted by atomic mass is 32.2. The maximum Gasteiger partial charge on any atom is 0.147 e. The molecule has 0 rings (SSSR count). The largest absolute Gasteiger partial charge is 0.328 e. The normalized spacial score (nSPS) is 14.2. The quantitative estimate of drug-likeness (QED) is 0.635. The van der Waals surface area contributed by atoms with Crippen molar-refractivity contribution < 1.29 is 8.42 Å². The first-order valence-corrected chi connectivity index (χ1v) is 7.45. The van der Waals surface area contributed by atoms with Crippen molar-refractivity contribution in [2.45, 2.75) is 51.5 Å². The Balaban J connectivity index is 3.42. The molecule has 3 nitrogen and oxygen atoms in total. The summed E-state index contributed by atoms with van der Waals surface area (Å²) in [5.41, 5.74) is 5.80. The van der Waals surface area contributed by atoms with Crippen molar-refractivity contribution in [2.75, 3.05) is 12.0 Å². The summed E-state index contributed by atoms with van der Waals surface area (Å²) in [6, 6.07) is 0.0570. The number of rotatable bonds is 8. The van der Waals surface area contributed by atoms with Crippen LogP contribution in [0.1, 0.15) is 45.4 Å². The first kappa shape index (κ1) is 13.9. The standard InChI is InChI=1S/C10H23NO2S/c1-3-4-5-6-7-10(11)8-9-14(2,12)13/h10H,3-9,11H2,1-2H3. The fourth-order valence-corrected chi connectivity index (χ4v) is 2.07. The van der Waals surface area contributed by atoms with Crippen LogP contribution >= 0.6 is 0 Å². The highest BCUT2D eigenvalue weighted by Gasteiger charge is 2.07. The van der Waals surface area contributed by atoms with Gasteiger partial charge in [-0.15, -0.1) is 0 Å². The van der Waals surface area contributed by atoms with Gasteiger partial charge in [-0.05, 0) is 12.8 Å². The summed E-state index contributed by atoms with van der Waals surface area (Å²) in [6.45, 7) is 2.17. The average Bonchev–Trinajstić information content (AvgIpc) is 2.08. The van der Waals surface area contributed by atoms with E-state index in [2.05, 4.69) is 6.92 Å². The van der Waals surface area contributed by atoms with Gasteiger partial charge in [-0.1, -0.05) is 32.6 Å². The maximum absolute atomic E-state index is 10.9. The lowest BCUT2D eigenvalue weighted by atomic mass is 10.1. The van der Waals surface area contributed by atoms with Crippen LogP contribution in [0.4, 0.5) is 0 Å². The number of nitrogens with two attached hydrogens (primary N) is 1. The topological polar surface area (TPSA) is 60.2 Å². The zero-order valence-corrected chi connectivity index (χ0v) is 10.1. The summed E-state index contributed by atoms with van der Waals surface area (Å²) in [7, 11) is -2.83. The smallest absolute Gasteiger partial charge is 0.147 e. The van der Waals surface area contributed by atoms with Crippen LogP contribution < -0.4 is 5.73 Å². The summed E-state index contributed by atoms with van der Waals surface area (Å²) in [4.78, 5) is 0. The van der Waals surface area contributed by atoms with Crippen LogP contribution in [0.3, 0.4) is 0 Å². The van der Waals surface area contributed by atoms with Gasteiger partial charge in [-0.3, -0.25) is 0 Å². The second kappa shape index (κ2) is 7.23. The van der Waals surface area contributed by atoms with Gasteiger partial charge in [0.2, 0.25) is 0 Å². The molecule has 0 aromatic heterocycles. The van der Waals surface area contributed by atoms with Gasteiger partial charge in [-0.25, -0.2) is 8.42 Å². The summed E-state index contributed by atoms with van der Waals surface area (Å²) < 4.78 is 21.7. The van der Waals surface area contributed by atoms with Crippen molar-refractivity contribution in [3.63, 3.8) is 0 Å². The molecule has 0 spiro atoms. The Morgan fingerprint density at radius 3 is 2.29 bits per heavy atom. The Hall–Kier alpha value is -0.0900. The molecule has 0 radical (unpaired) electrons.